The van der Waals surface area contributed by atoms with Gasteiger partial charge in [-0.2, -0.15) is 0 Å². The fourth-order valence-corrected chi connectivity index (χ4v) is 1.03. The first-order valence-corrected chi connectivity index (χ1v) is 6.51. The number of rotatable bonds is 0. The van der Waals surface area contributed by atoms with Crippen LogP contribution in [0.3, 0.4) is 0 Å². The lowest BCUT2D eigenvalue weighted by atomic mass is 10.2. The number of fused-ring (bicyclic) bond motifs is 1. The third-order valence-electron chi connectivity index (χ3n) is 1.56. The highest BCUT2D eigenvalue weighted by molar-refractivity contribution is 5.64. The molecule has 0 saturated carbocycles. The molecule has 0 spiro atoms. The van der Waals surface area contributed by atoms with E-state index >= 15 is 0 Å². The molecule has 1 heteroatoms. The van der Waals surface area contributed by atoms with Crippen LogP contribution in [0, 0.1) is 0 Å². The molecule has 17 heavy (non-hydrogen) atoms. The van der Waals surface area contributed by atoms with Gasteiger partial charge in [0.15, 0.2) is 0 Å². The van der Waals surface area contributed by atoms with Gasteiger partial charge in [-0.3, -0.25) is 4.98 Å². The van der Waals surface area contributed by atoms with Crippen molar-refractivity contribution in [3.8, 4) is 0 Å². The van der Waals surface area contributed by atoms with Crippen LogP contribution in [0.1, 0.15) is 52.8 Å². The lowest BCUT2D eigenvalue weighted by molar-refractivity contribution is 1.28. The molecule has 1 aliphatic carbocycles. The molecule has 1 heterocycles. The molecule has 2 rings (SSSR count). The van der Waals surface area contributed by atoms with Crippen LogP contribution >= 0.6 is 0 Å². The summed E-state index contributed by atoms with van der Waals surface area (Å²) in [6, 6.07) is 3.97. The summed E-state index contributed by atoms with van der Waals surface area (Å²) in [5.74, 6) is 0. The van der Waals surface area contributed by atoms with Crippen LogP contribution in [0.4, 0.5) is 0 Å². The van der Waals surface area contributed by atoms with Crippen LogP contribution in [0.5, 0.6) is 0 Å². The van der Waals surface area contributed by atoms with E-state index in [4.69, 9.17) is 0 Å². The van der Waals surface area contributed by atoms with E-state index in [1.54, 1.807) is 6.20 Å². The number of hydrogen-bond acceptors (Lipinski definition) is 1. The lowest BCUT2D eigenvalue weighted by Crippen LogP contribution is -1.82. The Labute approximate surface area is 107 Å². The van der Waals surface area contributed by atoms with Gasteiger partial charge in [-0.15, -0.1) is 5.73 Å². The first kappa shape index (κ1) is 17.8. The molecule has 1 aliphatic rings. The Morgan fingerprint density at radius 3 is 2.29 bits per heavy atom. The average molecular weight is 231 g/mol. The Kier molecular flexibility index (Phi) is 15.1. The van der Waals surface area contributed by atoms with E-state index < -0.39 is 0 Å². The molecule has 0 unspecified atom stereocenters. The summed E-state index contributed by atoms with van der Waals surface area (Å²) in [6.07, 6.45) is 9.54. The van der Waals surface area contributed by atoms with Gasteiger partial charge in [0, 0.05) is 17.8 Å². The van der Waals surface area contributed by atoms with Gasteiger partial charge in [-0.1, -0.05) is 59.8 Å². The van der Waals surface area contributed by atoms with E-state index in [0.717, 1.165) is 11.3 Å². The topological polar surface area (TPSA) is 12.9 Å². The fourth-order valence-electron chi connectivity index (χ4n) is 1.03. The third-order valence-corrected chi connectivity index (χ3v) is 1.56. The first-order valence-electron chi connectivity index (χ1n) is 6.51. The SMILES string of the molecule is C1=CC=Cc2cccnc2C=1.CC.CC.CC. The second-order valence-electron chi connectivity index (χ2n) is 2.31. The molecule has 0 radical (unpaired) electrons. The first-order chi connectivity index (χ1) is 8.47. The Balaban J connectivity index is 0. The Hall–Kier alpha value is -1.59. The van der Waals surface area contributed by atoms with Crippen molar-refractivity contribution < 1.29 is 0 Å². The minimum absolute atomic E-state index is 0.984. The summed E-state index contributed by atoms with van der Waals surface area (Å²) in [6.45, 7) is 12.0. The zero-order valence-corrected chi connectivity index (χ0v) is 12.0. The lowest BCUT2D eigenvalue weighted by Gasteiger charge is -1.94. The maximum atomic E-state index is 4.19. The standard InChI is InChI=1S/C10H7N.3C2H6/c1-2-5-9-6-4-8-11-10(9)7-3-1;3*1-2/h1-2,4-8H;3*1-2H3. The summed E-state index contributed by atoms with van der Waals surface area (Å²) in [5.41, 5.74) is 5.13. The van der Waals surface area contributed by atoms with Crippen molar-refractivity contribution in [2.24, 2.45) is 0 Å². The summed E-state index contributed by atoms with van der Waals surface area (Å²) in [4.78, 5) is 4.19. The van der Waals surface area contributed by atoms with Crippen molar-refractivity contribution >= 4 is 12.2 Å². The Bertz CT molecular complexity index is 356. The minimum Gasteiger partial charge on any atom is -0.256 e. The molecule has 1 aromatic rings. The molecule has 0 saturated heterocycles. The number of hydrogen-bond donors (Lipinski definition) is 0. The maximum Gasteiger partial charge on any atom is 0.0778 e. The normalized spacial score (nSPS) is 9.29. The van der Waals surface area contributed by atoms with Gasteiger partial charge in [0.2, 0.25) is 0 Å². The van der Waals surface area contributed by atoms with Gasteiger partial charge < -0.3 is 0 Å². The van der Waals surface area contributed by atoms with E-state index in [0.29, 0.717) is 0 Å². The highest BCUT2D eigenvalue weighted by atomic mass is 14.7. The largest absolute Gasteiger partial charge is 0.256 e. The summed E-state index contributed by atoms with van der Waals surface area (Å²) < 4.78 is 0. The highest BCUT2D eigenvalue weighted by Crippen LogP contribution is 2.10. The van der Waals surface area contributed by atoms with Crippen LogP contribution in [-0.2, 0) is 0 Å². The number of allylic oxidation sites excluding steroid dienone is 2. The minimum atomic E-state index is 0.984. The molecule has 0 aromatic carbocycles. The van der Waals surface area contributed by atoms with Crippen molar-refractivity contribution in [3.05, 3.63) is 47.5 Å². The molecule has 0 fully saturated rings. The smallest absolute Gasteiger partial charge is 0.0778 e. The van der Waals surface area contributed by atoms with Crippen molar-refractivity contribution in [1.29, 1.82) is 0 Å². The van der Waals surface area contributed by atoms with Gasteiger partial charge in [0.1, 0.15) is 0 Å². The van der Waals surface area contributed by atoms with Gasteiger partial charge in [0.25, 0.3) is 0 Å². The number of pyridine rings is 1. The summed E-state index contributed by atoms with van der Waals surface area (Å²) in [5, 5.41) is 0. The molecule has 0 bridgehead atoms. The van der Waals surface area contributed by atoms with E-state index in [2.05, 4.69) is 10.7 Å². The molecule has 0 aliphatic heterocycles. The molecule has 1 nitrogen and oxygen atoms in total. The van der Waals surface area contributed by atoms with Crippen LogP contribution in [0.25, 0.3) is 12.2 Å². The van der Waals surface area contributed by atoms with E-state index in [1.165, 1.54) is 0 Å². The van der Waals surface area contributed by atoms with Crippen LogP contribution in [0.2, 0.25) is 0 Å². The van der Waals surface area contributed by atoms with Gasteiger partial charge in [-0.05, 0) is 12.1 Å². The molecule has 1 aromatic heterocycles. The van der Waals surface area contributed by atoms with E-state index in [9.17, 15) is 0 Å². The average Bonchev–Trinajstić information content (AvgIpc) is 2.70. The monoisotopic (exact) mass is 231 g/mol. The quantitative estimate of drug-likeness (QED) is 0.548. The van der Waals surface area contributed by atoms with Crippen molar-refractivity contribution in [2.45, 2.75) is 41.5 Å². The number of nitrogens with zero attached hydrogens (tertiary/aromatic N) is 1. The van der Waals surface area contributed by atoms with Crippen LogP contribution in [-0.4, -0.2) is 4.98 Å². The highest BCUT2D eigenvalue weighted by Gasteiger charge is 1.95. The fraction of sp³-hybridized carbons (Fsp3) is 0.375. The van der Waals surface area contributed by atoms with E-state index in [-0.39, 0.29) is 0 Å². The predicted molar refractivity (Wildman–Crippen MR) is 79.9 cm³/mol. The van der Waals surface area contributed by atoms with Gasteiger partial charge in [-0.25, -0.2) is 0 Å². The molecule has 0 atom stereocenters. The second-order valence-corrected chi connectivity index (χ2v) is 2.31. The molecule has 0 amide bonds. The van der Waals surface area contributed by atoms with Crippen molar-refractivity contribution in [1.82, 2.24) is 4.98 Å². The summed E-state index contributed by atoms with van der Waals surface area (Å²) >= 11 is 0. The van der Waals surface area contributed by atoms with Crippen molar-refractivity contribution in [2.75, 3.05) is 0 Å². The Morgan fingerprint density at radius 2 is 1.65 bits per heavy atom. The molecule has 94 valence electrons. The molecule has 0 N–H and O–H groups in total. The Morgan fingerprint density at radius 1 is 1.00 bits per heavy atom. The predicted octanol–water partition coefficient (Wildman–Crippen LogP) is 5.36. The van der Waals surface area contributed by atoms with Gasteiger partial charge in [0.05, 0.1) is 5.69 Å². The van der Waals surface area contributed by atoms with Crippen LogP contribution < -0.4 is 0 Å². The van der Waals surface area contributed by atoms with Crippen LogP contribution in [0.15, 0.2) is 36.2 Å². The van der Waals surface area contributed by atoms with Gasteiger partial charge >= 0.3 is 0 Å². The molecular formula is C16H25N. The van der Waals surface area contributed by atoms with Crippen molar-refractivity contribution in [3.63, 3.8) is 0 Å². The molecular weight excluding hydrogens is 206 g/mol. The number of aromatic nitrogens is 1. The second kappa shape index (κ2) is 14.4. The maximum absolute atomic E-state index is 4.19. The van der Waals surface area contributed by atoms with E-state index in [1.807, 2.05) is 78.0 Å². The third kappa shape index (κ3) is 7.32. The zero-order valence-electron chi connectivity index (χ0n) is 12.0. The zero-order chi connectivity index (χ0) is 13.5. The summed E-state index contributed by atoms with van der Waals surface area (Å²) in [7, 11) is 0.